The molecule has 4 rings (SSSR count). The number of ether oxygens (including phenoxy) is 1. The first-order valence-electron chi connectivity index (χ1n) is 10.5. The molecule has 7 heteroatoms. The van der Waals surface area contributed by atoms with E-state index in [9.17, 15) is 14.3 Å². The standard InChI is InChI=1S/C25H24FN3O3/c1-2-23-22(15-28-29(23)19-12-10-18(26)11-13-19)25(31)27-14-20(30)16-32-24-9-5-7-17-6-3-4-8-21(17)24/h3-13,15,20,30H,2,14,16H2,1H3,(H,27,31)/t20-/m1/s1. The van der Waals surface area contributed by atoms with Gasteiger partial charge in [0.2, 0.25) is 0 Å². The second-order valence-corrected chi connectivity index (χ2v) is 7.40. The van der Waals surface area contributed by atoms with Crippen LogP contribution in [0.4, 0.5) is 4.39 Å². The first-order chi connectivity index (χ1) is 15.6. The Morgan fingerprint density at radius 2 is 1.88 bits per heavy atom. The topological polar surface area (TPSA) is 76.4 Å². The molecule has 1 atom stereocenters. The van der Waals surface area contributed by atoms with E-state index in [1.807, 2.05) is 49.4 Å². The summed E-state index contributed by atoms with van der Waals surface area (Å²) in [6, 6.07) is 19.5. The lowest BCUT2D eigenvalue weighted by molar-refractivity contribution is 0.0845. The van der Waals surface area contributed by atoms with Gasteiger partial charge in [-0.05, 0) is 42.1 Å². The van der Waals surface area contributed by atoms with E-state index in [1.165, 1.54) is 18.3 Å². The third-order valence-corrected chi connectivity index (χ3v) is 5.20. The summed E-state index contributed by atoms with van der Waals surface area (Å²) in [7, 11) is 0. The van der Waals surface area contributed by atoms with Crippen LogP contribution in [0.25, 0.3) is 16.5 Å². The summed E-state index contributed by atoms with van der Waals surface area (Å²) in [5, 5.41) is 19.4. The third-order valence-electron chi connectivity index (χ3n) is 5.20. The molecule has 2 N–H and O–H groups in total. The Bertz CT molecular complexity index is 1220. The molecule has 32 heavy (non-hydrogen) atoms. The van der Waals surface area contributed by atoms with Crippen LogP contribution in [0, 0.1) is 5.82 Å². The van der Waals surface area contributed by atoms with Gasteiger partial charge in [-0.15, -0.1) is 0 Å². The van der Waals surface area contributed by atoms with Gasteiger partial charge >= 0.3 is 0 Å². The lowest BCUT2D eigenvalue weighted by atomic mass is 10.1. The summed E-state index contributed by atoms with van der Waals surface area (Å²) in [4.78, 5) is 12.7. The second-order valence-electron chi connectivity index (χ2n) is 7.40. The Kier molecular flexibility index (Phi) is 6.47. The number of fused-ring (bicyclic) bond motifs is 1. The molecule has 0 radical (unpaired) electrons. The number of halogens is 1. The SMILES string of the molecule is CCc1c(C(=O)NC[C@@H](O)COc2cccc3ccccc23)cnn1-c1ccc(F)cc1. The zero-order valence-electron chi connectivity index (χ0n) is 17.7. The van der Waals surface area contributed by atoms with E-state index in [0.717, 1.165) is 10.8 Å². The number of nitrogens with one attached hydrogen (secondary N) is 1. The molecule has 0 spiro atoms. The van der Waals surface area contributed by atoms with Crippen molar-refractivity contribution in [2.24, 2.45) is 0 Å². The van der Waals surface area contributed by atoms with Gasteiger partial charge in [0.25, 0.3) is 5.91 Å². The Hall–Kier alpha value is -3.71. The number of carbonyl (C=O) groups is 1. The van der Waals surface area contributed by atoms with Crippen molar-refractivity contribution in [3.8, 4) is 11.4 Å². The molecular weight excluding hydrogens is 409 g/mol. The quantitative estimate of drug-likeness (QED) is 0.442. The number of aliphatic hydroxyl groups is 1. The normalized spacial score (nSPS) is 12.0. The number of aliphatic hydroxyl groups excluding tert-OH is 1. The van der Waals surface area contributed by atoms with Crippen molar-refractivity contribution in [2.45, 2.75) is 19.4 Å². The second kappa shape index (κ2) is 9.62. The fraction of sp³-hybridized carbons (Fsp3) is 0.200. The van der Waals surface area contributed by atoms with Crippen LogP contribution in [0.5, 0.6) is 5.75 Å². The smallest absolute Gasteiger partial charge is 0.254 e. The molecule has 1 aromatic heterocycles. The number of hydrogen-bond donors (Lipinski definition) is 2. The monoisotopic (exact) mass is 433 g/mol. The van der Waals surface area contributed by atoms with Crippen molar-refractivity contribution in [1.82, 2.24) is 15.1 Å². The zero-order chi connectivity index (χ0) is 22.5. The van der Waals surface area contributed by atoms with Gasteiger partial charge in [0.05, 0.1) is 23.1 Å². The molecule has 0 unspecified atom stereocenters. The average Bonchev–Trinajstić information content (AvgIpc) is 3.26. The van der Waals surface area contributed by atoms with E-state index in [1.54, 1.807) is 16.8 Å². The highest BCUT2D eigenvalue weighted by molar-refractivity contribution is 5.95. The summed E-state index contributed by atoms with van der Waals surface area (Å²) in [5.74, 6) is 0.0124. The summed E-state index contributed by atoms with van der Waals surface area (Å²) in [6.07, 6.45) is 1.17. The van der Waals surface area contributed by atoms with Gasteiger partial charge in [-0.3, -0.25) is 4.79 Å². The molecule has 0 aliphatic rings. The minimum Gasteiger partial charge on any atom is -0.490 e. The van der Waals surface area contributed by atoms with Crippen LogP contribution in [0.15, 0.2) is 72.9 Å². The maximum atomic E-state index is 13.2. The average molecular weight is 433 g/mol. The molecule has 0 aliphatic heterocycles. The van der Waals surface area contributed by atoms with Crippen LogP contribution in [0.3, 0.4) is 0 Å². The lowest BCUT2D eigenvalue weighted by Crippen LogP contribution is -2.35. The van der Waals surface area contributed by atoms with Crippen LogP contribution in [-0.4, -0.2) is 40.0 Å². The molecule has 0 bridgehead atoms. The first-order valence-corrected chi connectivity index (χ1v) is 10.5. The van der Waals surface area contributed by atoms with E-state index in [0.29, 0.717) is 29.1 Å². The van der Waals surface area contributed by atoms with Gasteiger partial charge in [-0.25, -0.2) is 9.07 Å². The van der Waals surface area contributed by atoms with Crippen molar-refractivity contribution in [1.29, 1.82) is 0 Å². The molecule has 164 valence electrons. The van der Waals surface area contributed by atoms with Crippen molar-refractivity contribution in [2.75, 3.05) is 13.2 Å². The molecule has 0 saturated heterocycles. The van der Waals surface area contributed by atoms with Crippen molar-refractivity contribution in [3.63, 3.8) is 0 Å². The van der Waals surface area contributed by atoms with Gasteiger partial charge in [-0.1, -0.05) is 43.3 Å². The third kappa shape index (κ3) is 4.63. The minimum atomic E-state index is -0.880. The van der Waals surface area contributed by atoms with Gasteiger partial charge in [0, 0.05) is 11.9 Å². The van der Waals surface area contributed by atoms with Crippen molar-refractivity contribution >= 4 is 16.7 Å². The Morgan fingerprint density at radius 3 is 2.66 bits per heavy atom. The van der Waals surface area contributed by atoms with E-state index < -0.39 is 6.10 Å². The maximum Gasteiger partial charge on any atom is 0.254 e. The van der Waals surface area contributed by atoms with Gasteiger partial charge in [-0.2, -0.15) is 5.10 Å². The minimum absolute atomic E-state index is 0.0362. The summed E-state index contributed by atoms with van der Waals surface area (Å²) >= 11 is 0. The number of rotatable bonds is 8. The van der Waals surface area contributed by atoms with Crippen LogP contribution < -0.4 is 10.1 Å². The molecule has 1 heterocycles. The van der Waals surface area contributed by atoms with Gasteiger partial charge < -0.3 is 15.2 Å². The number of carbonyl (C=O) groups excluding carboxylic acids is 1. The molecule has 1 amide bonds. The molecule has 0 fully saturated rings. The predicted octanol–water partition coefficient (Wildman–Crippen LogP) is 3.90. The fourth-order valence-electron chi connectivity index (χ4n) is 3.58. The first kappa shape index (κ1) is 21.5. The number of amides is 1. The number of nitrogens with zero attached hydrogens (tertiary/aromatic N) is 2. The van der Waals surface area contributed by atoms with Crippen LogP contribution in [0.1, 0.15) is 23.0 Å². The summed E-state index contributed by atoms with van der Waals surface area (Å²) in [5.41, 5.74) is 1.79. The highest BCUT2D eigenvalue weighted by Gasteiger charge is 2.18. The van der Waals surface area contributed by atoms with Gasteiger partial charge in [0.1, 0.15) is 24.3 Å². The zero-order valence-corrected chi connectivity index (χ0v) is 17.7. The van der Waals surface area contributed by atoms with E-state index in [-0.39, 0.29) is 24.9 Å². The number of aromatic nitrogens is 2. The highest BCUT2D eigenvalue weighted by atomic mass is 19.1. The molecule has 0 saturated carbocycles. The van der Waals surface area contributed by atoms with Crippen LogP contribution in [0.2, 0.25) is 0 Å². The fourth-order valence-corrected chi connectivity index (χ4v) is 3.58. The molecular formula is C25H24FN3O3. The van der Waals surface area contributed by atoms with Crippen LogP contribution >= 0.6 is 0 Å². The molecule has 0 aliphatic carbocycles. The summed E-state index contributed by atoms with van der Waals surface area (Å²) < 4.78 is 20.6. The summed E-state index contributed by atoms with van der Waals surface area (Å²) in [6.45, 7) is 2.00. The molecule has 4 aromatic rings. The molecule has 3 aromatic carbocycles. The van der Waals surface area contributed by atoms with Crippen molar-refractivity contribution in [3.05, 3.63) is 90.0 Å². The van der Waals surface area contributed by atoms with E-state index >= 15 is 0 Å². The van der Waals surface area contributed by atoms with E-state index in [4.69, 9.17) is 4.74 Å². The Morgan fingerprint density at radius 1 is 1.12 bits per heavy atom. The largest absolute Gasteiger partial charge is 0.490 e. The number of hydrogen-bond acceptors (Lipinski definition) is 4. The van der Waals surface area contributed by atoms with Crippen LogP contribution in [-0.2, 0) is 6.42 Å². The lowest BCUT2D eigenvalue weighted by Gasteiger charge is -2.15. The van der Waals surface area contributed by atoms with Gasteiger partial charge in [0.15, 0.2) is 0 Å². The maximum absolute atomic E-state index is 13.2. The molecule has 6 nitrogen and oxygen atoms in total. The Balaban J connectivity index is 1.37. The Labute approximate surface area is 185 Å². The van der Waals surface area contributed by atoms with Crippen molar-refractivity contribution < 1.29 is 19.0 Å². The number of benzene rings is 3. The van der Waals surface area contributed by atoms with E-state index in [2.05, 4.69) is 10.4 Å². The highest BCUT2D eigenvalue weighted by Crippen LogP contribution is 2.25. The predicted molar refractivity (Wildman–Crippen MR) is 121 cm³/mol.